The van der Waals surface area contributed by atoms with E-state index in [0.717, 1.165) is 35.8 Å². The van der Waals surface area contributed by atoms with Gasteiger partial charge in [-0.05, 0) is 54.8 Å². The molecule has 18 heavy (non-hydrogen) atoms. The molecule has 0 aliphatic heterocycles. The van der Waals surface area contributed by atoms with Crippen molar-refractivity contribution in [1.82, 2.24) is 15.1 Å². The van der Waals surface area contributed by atoms with E-state index in [1.54, 1.807) is 0 Å². The van der Waals surface area contributed by atoms with Crippen molar-refractivity contribution >= 4 is 28.5 Å². The highest BCUT2D eigenvalue weighted by atomic mass is 127. The van der Waals surface area contributed by atoms with Crippen LogP contribution in [0.2, 0.25) is 0 Å². The molecule has 6 heteroatoms. The highest BCUT2D eigenvalue weighted by molar-refractivity contribution is 14.1. The van der Waals surface area contributed by atoms with E-state index < -0.39 is 5.54 Å². The standard InChI is InChI=1S/C12H19IN4O/c1-15-12(11(14)18)5-2-3-9(12)4-6-17-8-10(13)7-16-17/h7-9,15H,2-6H2,1H3,(H2,14,18). The molecule has 1 aromatic heterocycles. The molecular weight excluding hydrogens is 343 g/mol. The summed E-state index contributed by atoms with van der Waals surface area (Å²) in [5.74, 6) is 0.0874. The second-order valence-electron chi connectivity index (χ2n) is 4.89. The van der Waals surface area contributed by atoms with E-state index in [1.165, 1.54) is 0 Å². The Morgan fingerprint density at radius 3 is 3.11 bits per heavy atom. The van der Waals surface area contributed by atoms with Crippen molar-refractivity contribution in [2.24, 2.45) is 11.7 Å². The lowest BCUT2D eigenvalue weighted by Gasteiger charge is -2.32. The van der Waals surface area contributed by atoms with E-state index in [-0.39, 0.29) is 5.91 Å². The zero-order valence-corrected chi connectivity index (χ0v) is 12.7. The quantitative estimate of drug-likeness (QED) is 0.772. The highest BCUT2D eigenvalue weighted by Crippen LogP contribution is 2.37. The topological polar surface area (TPSA) is 72.9 Å². The van der Waals surface area contributed by atoms with Gasteiger partial charge in [0.15, 0.2) is 0 Å². The van der Waals surface area contributed by atoms with E-state index in [9.17, 15) is 4.79 Å². The number of likely N-dealkylation sites (N-methyl/N-ethyl adjacent to an activating group) is 1. The third-order valence-corrected chi connectivity index (χ3v) is 4.57. The summed E-state index contributed by atoms with van der Waals surface area (Å²) in [5, 5.41) is 7.43. The molecule has 0 spiro atoms. The summed E-state index contributed by atoms with van der Waals surface area (Å²) in [6.07, 6.45) is 7.75. The number of amides is 1. The first kappa shape index (κ1) is 13.8. The van der Waals surface area contributed by atoms with Gasteiger partial charge >= 0.3 is 0 Å². The van der Waals surface area contributed by atoms with Gasteiger partial charge in [0.1, 0.15) is 5.54 Å². The molecule has 2 unspecified atom stereocenters. The van der Waals surface area contributed by atoms with Crippen LogP contribution in [0.25, 0.3) is 0 Å². The van der Waals surface area contributed by atoms with Crippen molar-refractivity contribution in [2.45, 2.75) is 37.8 Å². The lowest BCUT2D eigenvalue weighted by Crippen LogP contribution is -2.56. The van der Waals surface area contributed by atoms with Crippen molar-refractivity contribution in [1.29, 1.82) is 0 Å². The number of carbonyl (C=O) groups excluding carboxylic acids is 1. The Hall–Kier alpha value is -0.630. The summed E-state index contributed by atoms with van der Waals surface area (Å²) in [7, 11) is 1.83. The van der Waals surface area contributed by atoms with Crippen molar-refractivity contribution < 1.29 is 4.79 Å². The van der Waals surface area contributed by atoms with E-state index in [4.69, 9.17) is 5.73 Å². The number of hydrogen-bond acceptors (Lipinski definition) is 3. The minimum atomic E-state index is -0.514. The van der Waals surface area contributed by atoms with Gasteiger partial charge in [0.05, 0.1) is 9.77 Å². The largest absolute Gasteiger partial charge is 0.368 e. The van der Waals surface area contributed by atoms with Crippen LogP contribution in [0.3, 0.4) is 0 Å². The smallest absolute Gasteiger partial charge is 0.238 e. The van der Waals surface area contributed by atoms with Gasteiger partial charge in [-0.1, -0.05) is 6.42 Å². The molecule has 5 nitrogen and oxygen atoms in total. The maximum Gasteiger partial charge on any atom is 0.238 e. The van der Waals surface area contributed by atoms with Crippen LogP contribution in [-0.2, 0) is 11.3 Å². The van der Waals surface area contributed by atoms with Crippen molar-refractivity contribution in [3.8, 4) is 0 Å². The Kier molecular flexibility index (Phi) is 4.26. The molecule has 0 radical (unpaired) electrons. The van der Waals surface area contributed by atoms with Gasteiger partial charge in [-0.25, -0.2) is 0 Å². The number of nitrogens with two attached hydrogens (primary N) is 1. The number of nitrogens with one attached hydrogen (secondary N) is 1. The summed E-state index contributed by atoms with van der Waals surface area (Å²) >= 11 is 2.24. The van der Waals surface area contributed by atoms with Crippen LogP contribution in [0, 0.1) is 9.49 Å². The predicted molar refractivity (Wildman–Crippen MR) is 77.9 cm³/mol. The molecule has 1 fully saturated rings. The predicted octanol–water partition coefficient (Wildman–Crippen LogP) is 1.12. The third-order valence-electron chi connectivity index (χ3n) is 4.01. The molecule has 1 aliphatic carbocycles. The number of halogens is 1. The van der Waals surface area contributed by atoms with Crippen LogP contribution in [0.1, 0.15) is 25.7 Å². The van der Waals surface area contributed by atoms with Gasteiger partial charge < -0.3 is 11.1 Å². The first-order valence-electron chi connectivity index (χ1n) is 6.25. The monoisotopic (exact) mass is 362 g/mol. The molecular formula is C12H19IN4O. The number of hydrogen-bond donors (Lipinski definition) is 2. The normalized spacial score (nSPS) is 27.6. The number of nitrogens with zero attached hydrogens (tertiary/aromatic N) is 2. The lowest BCUT2D eigenvalue weighted by atomic mass is 9.84. The Morgan fingerprint density at radius 2 is 2.56 bits per heavy atom. The molecule has 1 aromatic rings. The Balaban J connectivity index is 2.01. The highest BCUT2D eigenvalue weighted by Gasteiger charge is 2.46. The SMILES string of the molecule is CNC1(C(N)=O)CCCC1CCn1cc(I)cn1. The van der Waals surface area contributed by atoms with Gasteiger partial charge in [0, 0.05) is 12.7 Å². The van der Waals surface area contributed by atoms with Gasteiger partial charge in [0.25, 0.3) is 0 Å². The molecule has 2 rings (SSSR count). The zero-order chi connectivity index (χ0) is 13.2. The Labute approximate surface area is 121 Å². The molecule has 1 amide bonds. The molecule has 2 atom stereocenters. The fourth-order valence-corrected chi connectivity index (χ4v) is 3.44. The van der Waals surface area contributed by atoms with Crippen LogP contribution in [0.15, 0.2) is 12.4 Å². The molecule has 100 valence electrons. The number of aryl methyl sites for hydroxylation is 1. The summed E-state index contributed by atoms with van der Waals surface area (Å²) in [5.41, 5.74) is 5.07. The maximum atomic E-state index is 11.7. The van der Waals surface area contributed by atoms with Crippen LogP contribution < -0.4 is 11.1 Å². The molecule has 3 N–H and O–H groups in total. The molecule has 0 bridgehead atoms. The van der Waals surface area contributed by atoms with Crippen molar-refractivity contribution in [3.63, 3.8) is 0 Å². The Bertz CT molecular complexity index is 433. The number of aromatic nitrogens is 2. The van der Waals surface area contributed by atoms with E-state index in [2.05, 4.69) is 33.0 Å². The molecule has 1 aliphatic rings. The second-order valence-corrected chi connectivity index (χ2v) is 6.13. The molecule has 0 aromatic carbocycles. The van der Waals surface area contributed by atoms with Gasteiger partial charge in [-0.15, -0.1) is 0 Å². The minimum Gasteiger partial charge on any atom is -0.368 e. The first-order chi connectivity index (χ1) is 8.58. The maximum absolute atomic E-state index is 11.7. The van der Waals surface area contributed by atoms with E-state index in [1.807, 2.05) is 24.1 Å². The number of rotatable bonds is 5. The molecule has 0 saturated heterocycles. The number of primary amides is 1. The van der Waals surface area contributed by atoms with E-state index in [0.29, 0.717) is 5.92 Å². The van der Waals surface area contributed by atoms with Crippen LogP contribution in [-0.4, -0.2) is 28.3 Å². The molecule has 1 saturated carbocycles. The van der Waals surface area contributed by atoms with E-state index >= 15 is 0 Å². The third kappa shape index (κ3) is 2.54. The minimum absolute atomic E-state index is 0.220. The van der Waals surface area contributed by atoms with Gasteiger partial charge in [0.2, 0.25) is 5.91 Å². The average Bonchev–Trinajstić information content (AvgIpc) is 2.92. The van der Waals surface area contributed by atoms with Gasteiger partial charge in [-0.3, -0.25) is 9.48 Å². The number of carbonyl (C=O) groups is 1. The molecule has 1 heterocycles. The van der Waals surface area contributed by atoms with Crippen LogP contribution in [0.4, 0.5) is 0 Å². The summed E-state index contributed by atoms with van der Waals surface area (Å²) in [6.45, 7) is 0.838. The fraction of sp³-hybridized carbons (Fsp3) is 0.667. The van der Waals surface area contributed by atoms with Crippen LogP contribution >= 0.6 is 22.6 Å². The first-order valence-corrected chi connectivity index (χ1v) is 7.33. The van der Waals surface area contributed by atoms with Crippen molar-refractivity contribution in [3.05, 3.63) is 16.0 Å². The lowest BCUT2D eigenvalue weighted by molar-refractivity contribution is -0.125. The summed E-state index contributed by atoms with van der Waals surface area (Å²) in [4.78, 5) is 11.7. The summed E-state index contributed by atoms with van der Waals surface area (Å²) < 4.78 is 3.07. The summed E-state index contributed by atoms with van der Waals surface area (Å²) in [6, 6.07) is 0. The average molecular weight is 362 g/mol. The Morgan fingerprint density at radius 1 is 1.78 bits per heavy atom. The van der Waals surface area contributed by atoms with Crippen molar-refractivity contribution in [2.75, 3.05) is 7.05 Å². The zero-order valence-electron chi connectivity index (χ0n) is 10.5. The fourth-order valence-electron chi connectivity index (χ4n) is 2.99. The second kappa shape index (κ2) is 5.56. The van der Waals surface area contributed by atoms with Gasteiger partial charge in [-0.2, -0.15) is 5.10 Å². The van der Waals surface area contributed by atoms with Crippen LogP contribution in [0.5, 0.6) is 0 Å².